The first kappa shape index (κ1) is 19.3. The van der Waals surface area contributed by atoms with Gasteiger partial charge in [0.1, 0.15) is 6.61 Å². The van der Waals surface area contributed by atoms with Gasteiger partial charge < -0.3 is 14.7 Å². The molecule has 1 spiro atoms. The topological polar surface area (TPSA) is 65.9 Å². The summed E-state index contributed by atoms with van der Waals surface area (Å²) in [6, 6.07) is 6.19. The molecule has 1 aromatic heterocycles. The normalized spacial score (nSPS) is 23.3. The number of ether oxygens (including phenoxy) is 1. The number of hydrogen-bond acceptors (Lipinski definition) is 5. The van der Waals surface area contributed by atoms with Crippen molar-refractivity contribution < 1.29 is 14.6 Å². The molecule has 0 unspecified atom stereocenters. The summed E-state index contributed by atoms with van der Waals surface area (Å²) in [6.07, 6.45) is 3.14. The fourth-order valence-electron chi connectivity index (χ4n) is 4.54. The van der Waals surface area contributed by atoms with Crippen LogP contribution in [-0.4, -0.2) is 72.3 Å². The van der Waals surface area contributed by atoms with Gasteiger partial charge in [0.25, 0.3) is 0 Å². The molecule has 0 aliphatic carbocycles. The van der Waals surface area contributed by atoms with E-state index in [-0.39, 0.29) is 30.5 Å². The summed E-state index contributed by atoms with van der Waals surface area (Å²) >= 11 is 0. The molecule has 1 atom stereocenters. The number of likely N-dealkylation sites (tertiary alicyclic amines) is 2. The maximum atomic E-state index is 12.1. The van der Waals surface area contributed by atoms with Crippen LogP contribution in [0.25, 0.3) is 0 Å². The van der Waals surface area contributed by atoms with Crippen molar-refractivity contribution in [2.24, 2.45) is 11.3 Å². The summed E-state index contributed by atoms with van der Waals surface area (Å²) in [5, 5.41) is 9.98. The molecule has 3 heterocycles. The Labute approximate surface area is 156 Å². The minimum atomic E-state index is 0.0313. The number of nitrogens with zero attached hydrogens (tertiary/aromatic N) is 3. The van der Waals surface area contributed by atoms with E-state index in [9.17, 15) is 9.90 Å². The second-order valence-corrected chi connectivity index (χ2v) is 7.81. The van der Waals surface area contributed by atoms with Crippen LogP contribution in [-0.2, 0) is 16.1 Å². The van der Waals surface area contributed by atoms with Crippen molar-refractivity contribution in [3.63, 3.8) is 0 Å². The molecule has 6 heteroatoms. The van der Waals surface area contributed by atoms with Gasteiger partial charge in [-0.05, 0) is 56.8 Å². The third kappa shape index (κ3) is 4.24. The lowest BCUT2D eigenvalue weighted by molar-refractivity contribution is -0.142. The molecule has 2 aliphatic heterocycles. The predicted octanol–water partition coefficient (Wildman–Crippen LogP) is 1.46. The van der Waals surface area contributed by atoms with Gasteiger partial charge in [-0.3, -0.25) is 14.7 Å². The average molecular weight is 361 g/mol. The number of aromatic nitrogens is 1. The van der Waals surface area contributed by atoms with Crippen LogP contribution in [0.5, 0.6) is 0 Å². The van der Waals surface area contributed by atoms with Gasteiger partial charge >= 0.3 is 0 Å². The van der Waals surface area contributed by atoms with E-state index < -0.39 is 0 Å². The molecule has 1 N–H and O–H groups in total. The third-order valence-electron chi connectivity index (χ3n) is 6.21. The fraction of sp³-hybridized carbons (Fsp3) is 0.700. The molecule has 0 bridgehead atoms. The van der Waals surface area contributed by atoms with E-state index >= 15 is 0 Å². The van der Waals surface area contributed by atoms with Crippen molar-refractivity contribution in [2.45, 2.75) is 32.7 Å². The van der Waals surface area contributed by atoms with Crippen molar-refractivity contribution in [3.8, 4) is 0 Å². The Balaban J connectivity index is 1.58. The maximum Gasteiger partial charge on any atom is 0.248 e. The largest absolute Gasteiger partial charge is 0.396 e. The van der Waals surface area contributed by atoms with Gasteiger partial charge in [0, 0.05) is 45.0 Å². The minimum absolute atomic E-state index is 0.0313. The zero-order valence-electron chi connectivity index (χ0n) is 16.0. The molecule has 144 valence electrons. The van der Waals surface area contributed by atoms with Crippen LogP contribution in [0.4, 0.5) is 0 Å². The molecule has 0 aromatic carbocycles. The summed E-state index contributed by atoms with van der Waals surface area (Å²) in [7, 11) is 1.55. The van der Waals surface area contributed by atoms with E-state index in [0.717, 1.165) is 56.8 Å². The molecule has 0 saturated carbocycles. The van der Waals surface area contributed by atoms with Gasteiger partial charge in [-0.1, -0.05) is 6.07 Å². The lowest BCUT2D eigenvalue weighted by atomic mass is 9.64. The van der Waals surface area contributed by atoms with Crippen LogP contribution in [0.1, 0.15) is 30.7 Å². The number of carbonyl (C=O) groups excluding carboxylic acids is 1. The smallest absolute Gasteiger partial charge is 0.248 e. The van der Waals surface area contributed by atoms with E-state index in [1.807, 2.05) is 17.9 Å². The zero-order valence-corrected chi connectivity index (χ0v) is 16.0. The van der Waals surface area contributed by atoms with Gasteiger partial charge in [-0.15, -0.1) is 0 Å². The number of hydrogen-bond donors (Lipinski definition) is 1. The number of pyridine rings is 1. The minimum Gasteiger partial charge on any atom is -0.396 e. The Morgan fingerprint density at radius 3 is 2.69 bits per heavy atom. The predicted molar refractivity (Wildman–Crippen MR) is 99.6 cm³/mol. The molecule has 1 aromatic rings. The Morgan fingerprint density at radius 2 is 2.04 bits per heavy atom. The second-order valence-electron chi connectivity index (χ2n) is 7.81. The number of aryl methyl sites for hydroxylation is 1. The van der Waals surface area contributed by atoms with Crippen molar-refractivity contribution in [1.82, 2.24) is 14.8 Å². The lowest BCUT2D eigenvalue weighted by Crippen LogP contribution is -2.55. The Bertz CT molecular complexity index is 614. The molecule has 2 fully saturated rings. The number of amides is 1. The molecule has 3 rings (SSSR count). The molecule has 2 saturated heterocycles. The van der Waals surface area contributed by atoms with Gasteiger partial charge in [0.15, 0.2) is 0 Å². The van der Waals surface area contributed by atoms with Crippen LogP contribution >= 0.6 is 0 Å². The molecule has 0 radical (unpaired) electrons. The highest BCUT2D eigenvalue weighted by atomic mass is 16.5. The van der Waals surface area contributed by atoms with E-state index in [1.165, 1.54) is 0 Å². The monoisotopic (exact) mass is 361 g/mol. The fourth-order valence-corrected chi connectivity index (χ4v) is 4.54. The van der Waals surface area contributed by atoms with Crippen LogP contribution in [0.3, 0.4) is 0 Å². The first-order chi connectivity index (χ1) is 12.6. The lowest BCUT2D eigenvalue weighted by Gasteiger charge is -2.51. The second kappa shape index (κ2) is 8.46. The first-order valence-electron chi connectivity index (χ1n) is 9.59. The van der Waals surface area contributed by atoms with Crippen LogP contribution in [0.15, 0.2) is 18.2 Å². The van der Waals surface area contributed by atoms with Crippen LogP contribution in [0, 0.1) is 18.3 Å². The number of carbonyl (C=O) groups is 1. The number of rotatable bonds is 5. The molecular weight excluding hydrogens is 330 g/mol. The number of methoxy groups -OCH3 is 1. The summed E-state index contributed by atoms with van der Waals surface area (Å²) in [5.41, 5.74) is 2.35. The first-order valence-corrected chi connectivity index (χ1v) is 9.59. The highest BCUT2D eigenvalue weighted by molar-refractivity contribution is 5.77. The molecule has 6 nitrogen and oxygen atoms in total. The van der Waals surface area contributed by atoms with Crippen molar-refractivity contribution in [2.75, 3.05) is 46.5 Å². The van der Waals surface area contributed by atoms with Crippen molar-refractivity contribution in [1.29, 1.82) is 0 Å². The van der Waals surface area contributed by atoms with Crippen LogP contribution in [0.2, 0.25) is 0 Å². The maximum absolute atomic E-state index is 12.1. The SMILES string of the molecule is COCC(=O)N1CCC2(CCN(Cc3cccc(C)n3)CC2)[C@H](CO)C1. The summed E-state index contributed by atoms with van der Waals surface area (Å²) in [4.78, 5) is 21.1. The van der Waals surface area contributed by atoms with E-state index in [2.05, 4.69) is 22.0 Å². The summed E-state index contributed by atoms with van der Waals surface area (Å²) in [5.74, 6) is 0.194. The van der Waals surface area contributed by atoms with E-state index in [1.54, 1.807) is 7.11 Å². The van der Waals surface area contributed by atoms with Crippen LogP contribution < -0.4 is 0 Å². The Kier molecular flexibility index (Phi) is 6.27. The summed E-state index contributed by atoms with van der Waals surface area (Å²) < 4.78 is 4.98. The number of aliphatic hydroxyl groups excluding tert-OH is 1. The molecule has 26 heavy (non-hydrogen) atoms. The third-order valence-corrected chi connectivity index (χ3v) is 6.21. The number of aliphatic hydroxyl groups is 1. The van der Waals surface area contributed by atoms with E-state index in [4.69, 9.17) is 4.74 Å². The Hall–Kier alpha value is -1.50. The van der Waals surface area contributed by atoms with Crippen molar-refractivity contribution >= 4 is 5.91 Å². The quantitative estimate of drug-likeness (QED) is 0.860. The number of piperidine rings is 2. The summed E-state index contributed by atoms with van der Waals surface area (Å²) in [6.45, 7) is 6.67. The van der Waals surface area contributed by atoms with Gasteiger partial charge in [0.2, 0.25) is 5.91 Å². The molecular formula is C20H31N3O3. The standard InChI is InChI=1S/C20H31N3O3/c1-16-4-3-5-18(21-16)13-22-9-6-20(7-10-22)8-11-23(12-17(20)14-24)19(25)15-26-2/h3-5,17,24H,6-15H2,1-2H3/t17-/m0/s1. The highest BCUT2D eigenvalue weighted by Crippen LogP contribution is 2.45. The molecule has 1 amide bonds. The highest BCUT2D eigenvalue weighted by Gasteiger charge is 2.45. The van der Waals surface area contributed by atoms with Crippen molar-refractivity contribution in [3.05, 3.63) is 29.6 Å². The van der Waals surface area contributed by atoms with Gasteiger partial charge in [-0.25, -0.2) is 0 Å². The van der Waals surface area contributed by atoms with E-state index in [0.29, 0.717) is 6.54 Å². The zero-order chi connectivity index (χ0) is 18.6. The average Bonchev–Trinajstić information content (AvgIpc) is 2.64. The Morgan fingerprint density at radius 1 is 1.31 bits per heavy atom. The van der Waals surface area contributed by atoms with Gasteiger partial charge in [0.05, 0.1) is 5.69 Å². The molecule has 2 aliphatic rings. The van der Waals surface area contributed by atoms with Gasteiger partial charge in [-0.2, -0.15) is 0 Å².